The standard InChI is InChI=1S/C18H16N2/c1-19-17-14-9-5-7-12-10-11-6-3-4-8-13(11)16(15(12)14)18(17)20-2/h3-10,19-20H,1-2H3. The van der Waals surface area contributed by atoms with Crippen LogP contribution in [0.2, 0.25) is 0 Å². The van der Waals surface area contributed by atoms with Crippen LogP contribution in [-0.2, 0) is 0 Å². The van der Waals surface area contributed by atoms with Crippen LogP contribution in [-0.4, -0.2) is 14.1 Å². The molecule has 3 aromatic rings. The quantitative estimate of drug-likeness (QED) is 0.688. The molecule has 0 spiro atoms. The summed E-state index contributed by atoms with van der Waals surface area (Å²) < 4.78 is 0. The van der Waals surface area contributed by atoms with Gasteiger partial charge in [-0.15, -0.1) is 0 Å². The van der Waals surface area contributed by atoms with Crippen molar-refractivity contribution in [3.8, 4) is 0 Å². The highest BCUT2D eigenvalue weighted by Gasteiger charge is 2.24. The Labute approximate surface area is 118 Å². The molecule has 1 aliphatic rings. The largest absolute Gasteiger partial charge is 0.386 e. The SMILES string of the molecule is CNC1=C(NC)c2c3ccccc3cc3cccc1c23. The Morgan fingerprint density at radius 3 is 2.30 bits per heavy atom. The topological polar surface area (TPSA) is 24.1 Å². The molecule has 0 fully saturated rings. The van der Waals surface area contributed by atoms with Gasteiger partial charge < -0.3 is 10.6 Å². The Morgan fingerprint density at radius 1 is 0.750 bits per heavy atom. The van der Waals surface area contributed by atoms with E-state index in [-0.39, 0.29) is 0 Å². The fourth-order valence-electron chi connectivity index (χ4n) is 3.36. The van der Waals surface area contributed by atoms with E-state index in [2.05, 4.69) is 59.2 Å². The Bertz CT molecular complexity index is 875. The van der Waals surface area contributed by atoms with Crippen LogP contribution in [0.25, 0.3) is 32.9 Å². The van der Waals surface area contributed by atoms with Crippen molar-refractivity contribution in [2.75, 3.05) is 14.1 Å². The van der Waals surface area contributed by atoms with Crippen molar-refractivity contribution in [1.82, 2.24) is 10.6 Å². The molecule has 0 heterocycles. The maximum atomic E-state index is 3.38. The van der Waals surface area contributed by atoms with E-state index < -0.39 is 0 Å². The minimum atomic E-state index is 1.18. The van der Waals surface area contributed by atoms with E-state index in [1.54, 1.807) is 0 Å². The second-order valence-corrected chi connectivity index (χ2v) is 5.13. The van der Waals surface area contributed by atoms with Crippen LogP contribution >= 0.6 is 0 Å². The summed E-state index contributed by atoms with van der Waals surface area (Å²) in [5.74, 6) is 0. The maximum Gasteiger partial charge on any atom is 0.0666 e. The van der Waals surface area contributed by atoms with E-state index >= 15 is 0 Å². The van der Waals surface area contributed by atoms with Gasteiger partial charge in [0.1, 0.15) is 0 Å². The van der Waals surface area contributed by atoms with Crippen LogP contribution in [0.15, 0.2) is 48.5 Å². The average Bonchev–Trinajstić information content (AvgIpc) is 2.83. The summed E-state index contributed by atoms with van der Waals surface area (Å²) in [5, 5.41) is 12.0. The van der Waals surface area contributed by atoms with Gasteiger partial charge in [0.05, 0.1) is 11.4 Å². The lowest BCUT2D eigenvalue weighted by Gasteiger charge is -2.10. The van der Waals surface area contributed by atoms with Crippen LogP contribution in [0.3, 0.4) is 0 Å². The Morgan fingerprint density at radius 2 is 1.50 bits per heavy atom. The first-order valence-corrected chi connectivity index (χ1v) is 6.90. The minimum Gasteiger partial charge on any atom is -0.386 e. The smallest absolute Gasteiger partial charge is 0.0666 e. The summed E-state index contributed by atoms with van der Waals surface area (Å²) in [4.78, 5) is 0. The van der Waals surface area contributed by atoms with Gasteiger partial charge in [-0.2, -0.15) is 0 Å². The van der Waals surface area contributed by atoms with Crippen LogP contribution in [0.1, 0.15) is 11.1 Å². The molecule has 1 aliphatic carbocycles. The first-order valence-electron chi connectivity index (χ1n) is 6.90. The highest BCUT2D eigenvalue weighted by atomic mass is 14.9. The average molecular weight is 260 g/mol. The highest BCUT2D eigenvalue weighted by molar-refractivity contribution is 6.20. The third kappa shape index (κ3) is 1.28. The van der Waals surface area contributed by atoms with Crippen molar-refractivity contribution < 1.29 is 0 Å². The molecule has 0 unspecified atom stereocenters. The Kier molecular flexibility index (Phi) is 2.27. The lowest BCUT2D eigenvalue weighted by molar-refractivity contribution is 1.08. The van der Waals surface area contributed by atoms with Crippen LogP contribution in [0.5, 0.6) is 0 Å². The van der Waals surface area contributed by atoms with E-state index in [1.807, 2.05) is 14.1 Å². The molecule has 0 atom stereocenters. The van der Waals surface area contributed by atoms with Gasteiger partial charge >= 0.3 is 0 Å². The van der Waals surface area contributed by atoms with Crippen molar-refractivity contribution in [3.05, 3.63) is 59.7 Å². The van der Waals surface area contributed by atoms with E-state index in [0.717, 1.165) is 0 Å². The number of fused-ring (bicyclic) bond motifs is 2. The van der Waals surface area contributed by atoms with Crippen molar-refractivity contribution in [2.24, 2.45) is 0 Å². The van der Waals surface area contributed by atoms with E-state index in [1.165, 1.54) is 44.1 Å². The number of hydrogen-bond acceptors (Lipinski definition) is 2. The summed E-state index contributed by atoms with van der Waals surface area (Å²) in [5.41, 5.74) is 4.98. The zero-order chi connectivity index (χ0) is 13.7. The molecule has 0 bridgehead atoms. The van der Waals surface area contributed by atoms with Gasteiger partial charge in [0.2, 0.25) is 0 Å². The molecule has 3 aromatic carbocycles. The van der Waals surface area contributed by atoms with Crippen molar-refractivity contribution in [3.63, 3.8) is 0 Å². The molecule has 0 saturated carbocycles. The second-order valence-electron chi connectivity index (χ2n) is 5.13. The summed E-state index contributed by atoms with van der Waals surface area (Å²) in [6.45, 7) is 0. The molecule has 98 valence electrons. The number of rotatable bonds is 2. The predicted octanol–water partition coefficient (Wildman–Crippen LogP) is 3.57. The van der Waals surface area contributed by atoms with Gasteiger partial charge in [-0.1, -0.05) is 42.5 Å². The van der Waals surface area contributed by atoms with Gasteiger partial charge in [0.15, 0.2) is 0 Å². The molecular weight excluding hydrogens is 244 g/mol. The molecule has 2 nitrogen and oxygen atoms in total. The van der Waals surface area contributed by atoms with E-state index in [4.69, 9.17) is 0 Å². The number of benzene rings is 3. The van der Waals surface area contributed by atoms with Gasteiger partial charge in [0, 0.05) is 30.6 Å². The van der Waals surface area contributed by atoms with E-state index in [9.17, 15) is 0 Å². The molecule has 0 aliphatic heterocycles. The molecule has 2 heteroatoms. The first kappa shape index (κ1) is 11.4. The summed E-state index contributed by atoms with van der Waals surface area (Å²) in [6.07, 6.45) is 0. The Hall–Kier alpha value is -2.48. The molecule has 0 saturated heterocycles. The minimum absolute atomic E-state index is 1.18. The van der Waals surface area contributed by atoms with E-state index in [0.29, 0.717) is 0 Å². The summed E-state index contributed by atoms with van der Waals surface area (Å²) in [7, 11) is 3.98. The molecular formula is C18H16N2. The lowest BCUT2D eigenvalue weighted by Crippen LogP contribution is -2.11. The molecule has 0 amide bonds. The number of nitrogens with one attached hydrogen (secondary N) is 2. The van der Waals surface area contributed by atoms with Crippen LogP contribution in [0.4, 0.5) is 0 Å². The fourth-order valence-corrected chi connectivity index (χ4v) is 3.36. The van der Waals surface area contributed by atoms with Crippen molar-refractivity contribution >= 4 is 32.9 Å². The molecule has 0 aromatic heterocycles. The zero-order valence-electron chi connectivity index (χ0n) is 11.6. The maximum absolute atomic E-state index is 3.38. The predicted molar refractivity (Wildman–Crippen MR) is 86.4 cm³/mol. The monoisotopic (exact) mass is 260 g/mol. The van der Waals surface area contributed by atoms with Gasteiger partial charge in [-0.3, -0.25) is 0 Å². The van der Waals surface area contributed by atoms with Crippen LogP contribution < -0.4 is 10.6 Å². The van der Waals surface area contributed by atoms with Crippen molar-refractivity contribution in [2.45, 2.75) is 0 Å². The number of hydrogen-bond donors (Lipinski definition) is 2. The zero-order valence-corrected chi connectivity index (χ0v) is 11.6. The molecule has 0 radical (unpaired) electrons. The fraction of sp³-hybridized carbons (Fsp3) is 0.111. The molecule has 20 heavy (non-hydrogen) atoms. The van der Waals surface area contributed by atoms with Gasteiger partial charge in [0.25, 0.3) is 0 Å². The Balaban J connectivity index is 2.28. The van der Waals surface area contributed by atoms with Crippen LogP contribution in [0, 0.1) is 0 Å². The third-order valence-corrected chi connectivity index (χ3v) is 4.16. The second kappa shape index (κ2) is 4.01. The summed E-state index contributed by atoms with van der Waals surface area (Å²) >= 11 is 0. The molecule has 2 N–H and O–H groups in total. The highest BCUT2D eigenvalue weighted by Crippen LogP contribution is 2.43. The normalized spacial score (nSPS) is 13.3. The van der Waals surface area contributed by atoms with Gasteiger partial charge in [-0.25, -0.2) is 0 Å². The lowest BCUT2D eigenvalue weighted by atomic mass is 9.96. The molecule has 4 rings (SSSR count). The van der Waals surface area contributed by atoms with Gasteiger partial charge in [-0.05, 0) is 22.2 Å². The first-order chi connectivity index (χ1) is 9.85. The summed E-state index contributed by atoms with van der Waals surface area (Å²) in [6, 6.07) is 17.4. The van der Waals surface area contributed by atoms with Crippen molar-refractivity contribution in [1.29, 1.82) is 0 Å². The third-order valence-electron chi connectivity index (χ3n) is 4.16.